The van der Waals surface area contributed by atoms with Crippen LogP contribution < -0.4 is 10.2 Å². The number of likely N-dealkylation sites (N-methyl/N-ethyl adjacent to an activating group) is 1. The van der Waals surface area contributed by atoms with Gasteiger partial charge in [-0.1, -0.05) is 13.0 Å². The molecule has 0 aliphatic carbocycles. The molecule has 0 aliphatic heterocycles. The van der Waals surface area contributed by atoms with Gasteiger partial charge < -0.3 is 4.90 Å². The highest BCUT2D eigenvalue weighted by Gasteiger charge is 2.25. The highest BCUT2D eigenvalue weighted by Crippen LogP contribution is 2.18. The number of nitrogens with one attached hydrogen (secondary N) is 1. The highest BCUT2D eigenvalue weighted by atomic mass is 19.1. The molecular formula is C15H22FN3. The SMILES string of the molecule is CCCNC(C)(C#N)CN(CC)c1cccc(F)c1. The summed E-state index contributed by atoms with van der Waals surface area (Å²) in [5, 5.41) is 12.6. The second-order valence-electron chi connectivity index (χ2n) is 4.86. The first-order chi connectivity index (χ1) is 9.04. The molecule has 0 heterocycles. The Morgan fingerprint density at radius 3 is 2.68 bits per heavy atom. The Bertz CT molecular complexity index is 441. The fourth-order valence-corrected chi connectivity index (χ4v) is 1.97. The number of hydrogen-bond acceptors (Lipinski definition) is 3. The highest BCUT2D eigenvalue weighted by molar-refractivity contribution is 5.47. The number of halogens is 1. The van der Waals surface area contributed by atoms with Crippen LogP contribution in [0.15, 0.2) is 24.3 Å². The van der Waals surface area contributed by atoms with Crippen molar-refractivity contribution in [3.63, 3.8) is 0 Å². The molecule has 1 atom stereocenters. The molecular weight excluding hydrogens is 241 g/mol. The quantitative estimate of drug-likeness (QED) is 0.822. The van der Waals surface area contributed by atoms with Crippen molar-refractivity contribution in [1.82, 2.24) is 5.32 Å². The fourth-order valence-electron chi connectivity index (χ4n) is 1.97. The van der Waals surface area contributed by atoms with Gasteiger partial charge in [-0.3, -0.25) is 5.32 Å². The van der Waals surface area contributed by atoms with Gasteiger partial charge in [0, 0.05) is 18.8 Å². The lowest BCUT2D eigenvalue weighted by Gasteiger charge is -2.32. The Balaban J connectivity index is 2.83. The summed E-state index contributed by atoms with van der Waals surface area (Å²) >= 11 is 0. The molecule has 1 aromatic carbocycles. The van der Waals surface area contributed by atoms with Crippen molar-refractivity contribution in [2.24, 2.45) is 0 Å². The molecule has 0 amide bonds. The maximum absolute atomic E-state index is 13.3. The molecule has 1 unspecified atom stereocenters. The van der Waals surface area contributed by atoms with E-state index in [-0.39, 0.29) is 5.82 Å². The van der Waals surface area contributed by atoms with Crippen molar-refractivity contribution in [2.45, 2.75) is 32.7 Å². The zero-order valence-electron chi connectivity index (χ0n) is 11.9. The number of anilines is 1. The molecule has 4 heteroatoms. The van der Waals surface area contributed by atoms with Crippen LogP contribution in [0.5, 0.6) is 0 Å². The van der Waals surface area contributed by atoms with Crippen LogP contribution in [-0.4, -0.2) is 25.2 Å². The Hall–Kier alpha value is -1.60. The van der Waals surface area contributed by atoms with E-state index in [0.29, 0.717) is 6.54 Å². The number of nitrogens with zero attached hydrogens (tertiary/aromatic N) is 2. The molecule has 1 rings (SSSR count). The number of hydrogen-bond donors (Lipinski definition) is 1. The van der Waals surface area contributed by atoms with Gasteiger partial charge in [0.05, 0.1) is 6.07 Å². The van der Waals surface area contributed by atoms with E-state index in [4.69, 9.17) is 0 Å². The van der Waals surface area contributed by atoms with Gasteiger partial charge in [-0.2, -0.15) is 5.26 Å². The standard InChI is InChI=1S/C15H22FN3/c1-4-9-18-15(3,11-17)12-19(5-2)14-8-6-7-13(16)10-14/h6-8,10,18H,4-5,9,12H2,1-3H3. The minimum atomic E-state index is -0.627. The lowest BCUT2D eigenvalue weighted by atomic mass is 10.0. The molecule has 19 heavy (non-hydrogen) atoms. The average Bonchev–Trinajstić information content (AvgIpc) is 2.42. The molecule has 3 nitrogen and oxygen atoms in total. The molecule has 0 saturated carbocycles. The molecule has 0 saturated heterocycles. The summed E-state index contributed by atoms with van der Waals surface area (Å²) in [4.78, 5) is 2.01. The first-order valence-corrected chi connectivity index (χ1v) is 6.71. The Morgan fingerprint density at radius 1 is 1.42 bits per heavy atom. The Morgan fingerprint density at radius 2 is 2.16 bits per heavy atom. The average molecular weight is 263 g/mol. The van der Waals surface area contributed by atoms with Gasteiger partial charge in [-0.05, 0) is 45.0 Å². The summed E-state index contributed by atoms with van der Waals surface area (Å²) < 4.78 is 13.3. The third-order valence-electron chi connectivity index (χ3n) is 3.07. The minimum absolute atomic E-state index is 0.254. The van der Waals surface area contributed by atoms with Crippen LogP contribution in [0.4, 0.5) is 10.1 Å². The zero-order valence-corrected chi connectivity index (χ0v) is 11.9. The third-order valence-corrected chi connectivity index (χ3v) is 3.07. The van der Waals surface area contributed by atoms with E-state index in [0.717, 1.165) is 25.2 Å². The summed E-state index contributed by atoms with van der Waals surface area (Å²) in [7, 11) is 0. The van der Waals surface area contributed by atoms with E-state index in [1.54, 1.807) is 6.07 Å². The molecule has 0 spiro atoms. The Labute approximate surface area is 115 Å². The van der Waals surface area contributed by atoms with E-state index < -0.39 is 5.54 Å². The van der Waals surface area contributed by atoms with Crippen molar-refractivity contribution in [1.29, 1.82) is 5.26 Å². The van der Waals surface area contributed by atoms with Crippen LogP contribution in [-0.2, 0) is 0 Å². The van der Waals surface area contributed by atoms with Gasteiger partial charge in [0.1, 0.15) is 11.4 Å². The van der Waals surface area contributed by atoms with E-state index >= 15 is 0 Å². The summed E-state index contributed by atoms with van der Waals surface area (Å²) in [5.74, 6) is -0.254. The molecule has 0 radical (unpaired) electrons. The van der Waals surface area contributed by atoms with Crippen LogP contribution >= 0.6 is 0 Å². The molecule has 0 fully saturated rings. The van der Waals surface area contributed by atoms with Gasteiger partial charge in [0.25, 0.3) is 0 Å². The summed E-state index contributed by atoms with van der Waals surface area (Å²) in [6.07, 6.45) is 0.976. The molecule has 0 bridgehead atoms. The second-order valence-corrected chi connectivity index (χ2v) is 4.86. The molecule has 0 aliphatic rings. The van der Waals surface area contributed by atoms with Crippen molar-refractivity contribution in [2.75, 3.05) is 24.5 Å². The molecule has 104 valence electrons. The lowest BCUT2D eigenvalue weighted by molar-refractivity contribution is 0.444. The first-order valence-electron chi connectivity index (χ1n) is 6.71. The van der Waals surface area contributed by atoms with Gasteiger partial charge in [-0.25, -0.2) is 4.39 Å². The topological polar surface area (TPSA) is 39.1 Å². The predicted octanol–water partition coefficient (Wildman–Crippen LogP) is 2.93. The maximum Gasteiger partial charge on any atom is 0.125 e. The number of rotatable bonds is 7. The minimum Gasteiger partial charge on any atom is -0.369 e. The fraction of sp³-hybridized carbons (Fsp3) is 0.533. The van der Waals surface area contributed by atoms with Gasteiger partial charge >= 0.3 is 0 Å². The van der Waals surface area contributed by atoms with E-state index in [1.807, 2.05) is 24.8 Å². The van der Waals surface area contributed by atoms with E-state index in [1.165, 1.54) is 12.1 Å². The number of benzene rings is 1. The van der Waals surface area contributed by atoms with Crippen molar-refractivity contribution >= 4 is 5.69 Å². The summed E-state index contributed by atoms with van der Waals surface area (Å²) in [6.45, 7) is 8.00. The monoisotopic (exact) mass is 263 g/mol. The largest absolute Gasteiger partial charge is 0.369 e. The Kier molecular flexibility index (Phi) is 5.78. The van der Waals surface area contributed by atoms with Crippen LogP contribution in [0.25, 0.3) is 0 Å². The third kappa shape index (κ3) is 4.53. The van der Waals surface area contributed by atoms with Crippen LogP contribution in [0, 0.1) is 17.1 Å². The predicted molar refractivity (Wildman–Crippen MR) is 76.6 cm³/mol. The second kappa shape index (κ2) is 7.10. The van der Waals surface area contributed by atoms with Gasteiger partial charge in [0.2, 0.25) is 0 Å². The van der Waals surface area contributed by atoms with Gasteiger partial charge in [-0.15, -0.1) is 0 Å². The summed E-state index contributed by atoms with van der Waals surface area (Å²) in [6, 6.07) is 8.80. The lowest BCUT2D eigenvalue weighted by Crippen LogP contribution is -2.50. The molecule has 1 aromatic rings. The first kappa shape index (κ1) is 15.5. The normalized spacial score (nSPS) is 13.6. The molecule has 0 aromatic heterocycles. The van der Waals surface area contributed by atoms with Crippen LogP contribution in [0.1, 0.15) is 27.2 Å². The zero-order chi connectivity index (χ0) is 14.3. The number of nitriles is 1. The van der Waals surface area contributed by atoms with E-state index in [9.17, 15) is 9.65 Å². The summed E-state index contributed by atoms with van der Waals surface area (Å²) in [5.41, 5.74) is 0.181. The van der Waals surface area contributed by atoms with Crippen LogP contribution in [0.2, 0.25) is 0 Å². The van der Waals surface area contributed by atoms with Crippen molar-refractivity contribution in [3.05, 3.63) is 30.1 Å². The van der Waals surface area contributed by atoms with Crippen LogP contribution in [0.3, 0.4) is 0 Å². The smallest absolute Gasteiger partial charge is 0.125 e. The molecule has 1 N–H and O–H groups in total. The van der Waals surface area contributed by atoms with E-state index in [2.05, 4.69) is 18.3 Å². The van der Waals surface area contributed by atoms with Crippen molar-refractivity contribution in [3.8, 4) is 6.07 Å². The maximum atomic E-state index is 13.3. The van der Waals surface area contributed by atoms with Gasteiger partial charge in [0.15, 0.2) is 0 Å². The van der Waals surface area contributed by atoms with Crippen molar-refractivity contribution < 1.29 is 4.39 Å².